The van der Waals surface area contributed by atoms with Crippen LogP contribution in [-0.4, -0.2) is 10.9 Å². The summed E-state index contributed by atoms with van der Waals surface area (Å²) in [6.07, 6.45) is 1.95. The molecule has 1 heterocycles. The van der Waals surface area contributed by atoms with Crippen molar-refractivity contribution in [3.05, 3.63) is 58.9 Å². The highest BCUT2D eigenvalue weighted by Crippen LogP contribution is 2.37. The molecule has 1 aromatic heterocycles. The summed E-state index contributed by atoms with van der Waals surface area (Å²) in [5.41, 5.74) is 10.8. The number of carbonyl (C=O) groups is 1. The summed E-state index contributed by atoms with van der Waals surface area (Å²) in [4.78, 5) is 16.9. The highest BCUT2D eigenvalue weighted by atomic mass is 16.1. The summed E-state index contributed by atoms with van der Waals surface area (Å²) in [6, 6.07) is 9.91. The van der Waals surface area contributed by atoms with Crippen LogP contribution in [0.2, 0.25) is 0 Å². The van der Waals surface area contributed by atoms with E-state index in [-0.39, 0.29) is 23.2 Å². The van der Waals surface area contributed by atoms with Gasteiger partial charge in [-0.2, -0.15) is 0 Å². The molecule has 0 unspecified atom stereocenters. The molecule has 0 saturated carbocycles. The van der Waals surface area contributed by atoms with Crippen LogP contribution in [0.3, 0.4) is 0 Å². The molecular formula is C22H31N3O. The third-order valence-corrected chi connectivity index (χ3v) is 4.45. The van der Waals surface area contributed by atoms with Gasteiger partial charge in [-0.1, -0.05) is 59.7 Å². The van der Waals surface area contributed by atoms with E-state index in [2.05, 4.69) is 64.0 Å². The fourth-order valence-electron chi connectivity index (χ4n) is 2.89. The lowest BCUT2D eigenvalue weighted by Crippen LogP contribution is -2.24. The maximum Gasteiger partial charge on any atom is 0.230 e. The van der Waals surface area contributed by atoms with E-state index in [4.69, 9.17) is 5.73 Å². The van der Waals surface area contributed by atoms with Gasteiger partial charge in [0.1, 0.15) is 0 Å². The Morgan fingerprint density at radius 2 is 1.77 bits per heavy atom. The molecule has 0 bridgehead atoms. The van der Waals surface area contributed by atoms with Crippen molar-refractivity contribution in [2.24, 2.45) is 5.73 Å². The molecular weight excluding hydrogens is 322 g/mol. The van der Waals surface area contributed by atoms with E-state index < -0.39 is 0 Å². The summed E-state index contributed by atoms with van der Waals surface area (Å²) < 4.78 is 0. The third-order valence-electron chi connectivity index (χ3n) is 4.45. The first kappa shape index (κ1) is 20.1. The smallest absolute Gasteiger partial charge is 0.230 e. The van der Waals surface area contributed by atoms with E-state index in [1.54, 1.807) is 6.20 Å². The molecule has 140 valence electrons. The molecule has 0 radical (unpaired) electrons. The molecule has 0 aliphatic carbocycles. The molecule has 1 amide bonds. The van der Waals surface area contributed by atoms with Crippen LogP contribution in [0.4, 0.5) is 5.69 Å². The van der Waals surface area contributed by atoms with Crippen molar-refractivity contribution in [1.29, 1.82) is 0 Å². The first-order chi connectivity index (χ1) is 12.0. The molecule has 4 heteroatoms. The van der Waals surface area contributed by atoms with Crippen molar-refractivity contribution in [2.45, 2.75) is 65.3 Å². The van der Waals surface area contributed by atoms with Gasteiger partial charge in [0.05, 0.1) is 6.42 Å². The van der Waals surface area contributed by atoms with Crippen molar-refractivity contribution in [3.8, 4) is 0 Å². The van der Waals surface area contributed by atoms with E-state index in [1.807, 2.05) is 18.2 Å². The molecule has 4 nitrogen and oxygen atoms in total. The summed E-state index contributed by atoms with van der Waals surface area (Å²) in [7, 11) is 0. The van der Waals surface area contributed by atoms with Gasteiger partial charge in [0.2, 0.25) is 5.91 Å². The van der Waals surface area contributed by atoms with Crippen LogP contribution in [0.15, 0.2) is 36.5 Å². The average Bonchev–Trinajstić information content (AvgIpc) is 2.53. The maximum atomic E-state index is 12.6. The number of benzene rings is 1. The molecule has 0 atom stereocenters. The van der Waals surface area contributed by atoms with Crippen molar-refractivity contribution >= 4 is 11.6 Å². The van der Waals surface area contributed by atoms with E-state index in [0.717, 1.165) is 22.5 Å². The number of pyridine rings is 1. The number of anilines is 1. The Labute approximate surface area is 157 Å². The predicted octanol–water partition coefficient (Wildman–Crippen LogP) is 4.32. The number of hydrogen-bond acceptors (Lipinski definition) is 3. The Bertz CT molecular complexity index is 768. The van der Waals surface area contributed by atoms with E-state index >= 15 is 0 Å². The van der Waals surface area contributed by atoms with Crippen LogP contribution >= 0.6 is 0 Å². The Hall–Kier alpha value is -2.20. The molecule has 0 aliphatic rings. The van der Waals surface area contributed by atoms with Crippen LogP contribution in [0, 0.1) is 0 Å². The largest absolute Gasteiger partial charge is 0.326 e. The second-order valence-electron chi connectivity index (χ2n) is 8.81. The fourth-order valence-corrected chi connectivity index (χ4v) is 2.89. The molecule has 0 spiro atoms. The highest BCUT2D eigenvalue weighted by Gasteiger charge is 2.25. The zero-order chi connectivity index (χ0) is 19.5. The standard InChI is InChI=1S/C22H31N3O/c1-21(2,3)16-11-15(14-23)20(18(12-16)22(4,5)6)25-19(26)13-17-9-7-8-10-24-17/h7-12H,13-14,23H2,1-6H3,(H,25,26). The van der Waals surface area contributed by atoms with Gasteiger partial charge < -0.3 is 11.1 Å². The minimum Gasteiger partial charge on any atom is -0.326 e. The molecule has 26 heavy (non-hydrogen) atoms. The SMILES string of the molecule is CC(C)(C)c1cc(CN)c(NC(=O)Cc2ccccn2)c(C(C)(C)C)c1. The Balaban J connectivity index is 2.44. The zero-order valence-electron chi connectivity index (χ0n) is 16.8. The van der Waals surface area contributed by atoms with Crippen LogP contribution < -0.4 is 11.1 Å². The first-order valence-corrected chi connectivity index (χ1v) is 9.10. The lowest BCUT2D eigenvalue weighted by Gasteiger charge is -2.29. The van der Waals surface area contributed by atoms with Gasteiger partial charge in [-0.25, -0.2) is 0 Å². The number of hydrogen-bond donors (Lipinski definition) is 2. The third kappa shape index (κ3) is 4.92. The zero-order valence-corrected chi connectivity index (χ0v) is 16.8. The summed E-state index contributed by atoms with van der Waals surface area (Å²) in [5.74, 6) is -0.0765. The molecule has 2 aromatic rings. The summed E-state index contributed by atoms with van der Waals surface area (Å²) >= 11 is 0. The number of rotatable bonds is 4. The maximum absolute atomic E-state index is 12.6. The molecule has 0 aliphatic heterocycles. The lowest BCUT2D eigenvalue weighted by atomic mass is 9.78. The van der Waals surface area contributed by atoms with Crippen molar-refractivity contribution in [2.75, 3.05) is 5.32 Å². The molecule has 0 saturated heterocycles. The Morgan fingerprint density at radius 1 is 1.08 bits per heavy atom. The minimum atomic E-state index is -0.112. The number of aromatic nitrogens is 1. The fraction of sp³-hybridized carbons (Fsp3) is 0.455. The Morgan fingerprint density at radius 3 is 2.27 bits per heavy atom. The number of carbonyl (C=O) groups excluding carboxylic acids is 1. The number of nitrogens with one attached hydrogen (secondary N) is 1. The van der Waals surface area contributed by atoms with Gasteiger partial charge in [0.15, 0.2) is 0 Å². The summed E-state index contributed by atoms with van der Waals surface area (Å²) in [5, 5.41) is 3.10. The number of nitrogens with zero attached hydrogens (tertiary/aromatic N) is 1. The van der Waals surface area contributed by atoms with Gasteiger partial charge in [-0.15, -0.1) is 0 Å². The van der Waals surface area contributed by atoms with E-state index in [9.17, 15) is 4.79 Å². The van der Waals surface area contributed by atoms with Crippen LogP contribution in [0.1, 0.15) is 63.9 Å². The molecule has 2 rings (SSSR count). The summed E-state index contributed by atoms with van der Waals surface area (Å²) in [6.45, 7) is 13.4. The number of nitrogens with two attached hydrogens (primary N) is 1. The monoisotopic (exact) mass is 353 g/mol. The van der Waals surface area contributed by atoms with Gasteiger partial charge in [-0.05, 0) is 39.7 Å². The van der Waals surface area contributed by atoms with Gasteiger partial charge >= 0.3 is 0 Å². The van der Waals surface area contributed by atoms with Crippen molar-refractivity contribution in [3.63, 3.8) is 0 Å². The molecule has 1 aromatic carbocycles. The van der Waals surface area contributed by atoms with Crippen LogP contribution in [0.25, 0.3) is 0 Å². The quantitative estimate of drug-likeness (QED) is 0.860. The first-order valence-electron chi connectivity index (χ1n) is 9.10. The second kappa shape index (κ2) is 7.58. The minimum absolute atomic E-state index is 0.0143. The van der Waals surface area contributed by atoms with Gasteiger partial charge in [0, 0.05) is 24.1 Å². The van der Waals surface area contributed by atoms with Gasteiger partial charge in [-0.3, -0.25) is 9.78 Å². The Kier molecular flexibility index (Phi) is 5.87. The van der Waals surface area contributed by atoms with Crippen molar-refractivity contribution in [1.82, 2.24) is 4.98 Å². The average molecular weight is 354 g/mol. The topological polar surface area (TPSA) is 68.0 Å². The highest BCUT2D eigenvalue weighted by molar-refractivity contribution is 5.94. The number of amides is 1. The molecule has 3 N–H and O–H groups in total. The van der Waals surface area contributed by atoms with E-state index in [1.165, 1.54) is 5.56 Å². The van der Waals surface area contributed by atoms with Crippen molar-refractivity contribution < 1.29 is 4.79 Å². The lowest BCUT2D eigenvalue weighted by molar-refractivity contribution is -0.115. The van der Waals surface area contributed by atoms with Crippen LogP contribution in [-0.2, 0) is 28.6 Å². The van der Waals surface area contributed by atoms with Crippen LogP contribution in [0.5, 0.6) is 0 Å². The van der Waals surface area contributed by atoms with Gasteiger partial charge in [0.25, 0.3) is 0 Å². The molecule has 0 fully saturated rings. The predicted molar refractivity (Wildman–Crippen MR) is 108 cm³/mol. The van der Waals surface area contributed by atoms with E-state index in [0.29, 0.717) is 6.54 Å². The second-order valence-corrected chi connectivity index (χ2v) is 8.81. The normalized spacial score (nSPS) is 12.1.